The number of para-hydroxylation sites is 1. The molecule has 108 valence electrons. The fraction of sp³-hybridized carbons (Fsp3) is 0.400. The molecule has 1 aromatic heterocycles. The normalized spacial score (nSPS) is 10.6. The molecule has 20 heavy (non-hydrogen) atoms. The van der Waals surface area contributed by atoms with Crippen molar-refractivity contribution in [3.63, 3.8) is 0 Å². The van der Waals surface area contributed by atoms with Crippen LogP contribution in [0, 0.1) is 0 Å². The molecule has 0 atom stereocenters. The lowest BCUT2D eigenvalue weighted by Gasteiger charge is -2.15. The molecule has 5 nitrogen and oxygen atoms in total. The van der Waals surface area contributed by atoms with Crippen LogP contribution in [-0.4, -0.2) is 16.2 Å². The number of aromatic nitrogens is 2. The summed E-state index contributed by atoms with van der Waals surface area (Å²) in [6, 6.07) is 5.78. The van der Waals surface area contributed by atoms with Crippen LogP contribution in [0.15, 0.2) is 30.7 Å². The van der Waals surface area contributed by atoms with Gasteiger partial charge < -0.3 is 19.8 Å². The summed E-state index contributed by atoms with van der Waals surface area (Å²) in [6.07, 6.45) is 3.62. The molecule has 0 aliphatic heterocycles. The summed E-state index contributed by atoms with van der Waals surface area (Å²) >= 11 is 0. The molecule has 5 heteroatoms. The zero-order valence-electron chi connectivity index (χ0n) is 12.0. The minimum Gasteiger partial charge on any atom is -0.490 e. The Labute approximate surface area is 119 Å². The Hall–Kier alpha value is -2.01. The fourth-order valence-corrected chi connectivity index (χ4v) is 2.05. The molecule has 0 bridgehead atoms. The van der Waals surface area contributed by atoms with Crippen molar-refractivity contribution in [1.82, 2.24) is 9.55 Å². The molecule has 0 unspecified atom stereocenters. The number of imidazole rings is 1. The highest BCUT2D eigenvalue weighted by Crippen LogP contribution is 2.31. The quantitative estimate of drug-likeness (QED) is 0.842. The van der Waals surface area contributed by atoms with Crippen LogP contribution in [-0.2, 0) is 19.7 Å². The van der Waals surface area contributed by atoms with Gasteiger partial charge in [-0.05, 0) is 19.9 Å². The highest BCUT2D eigenvalue weighted by Gasteiger charge is 2.11. The van der Waals surface area contributed by atoms with Gasteiger partial charge in [-0.3, -0.25) is 0 Å². The SMILES string of the molecule is CCOc1cccc(CN)c1OCc1cncn1CC. The molecule has 0 aliphatic rings. The van der Waals surface area contributed by atoms with E-state index in [-0.39, 0.29) is 0 Å². The number of hydrogen-bond donors (Lipinski definition) is 1. The fourth-order valence-electron chi connectivity index (χ4n) is 2.05. The van der Waals surface area contributed by atoms with Crippen molar-refractivity contribution in [1.29, 1.82) is 0 Å². The summed E-state index contributed by atoms with van der Waals surface area (Å²) in [7, 11) is 0. The third kappa shape index (κ3) is 3.11. The van der Waals surface area contributed by atoms with Crippen molar-refractivity contribution in [2.75, 3.05) is 6.61 Å². The van der Waals surface area contributed by atoms with Gasteiger partial charge in [0.05, 0.1) is 24.8 Å². The topological polar surface area (TPSA) is 62.3 Å². The van der Waals surface area contributed by atoms with Crippen molar-refractivity contribution in [3.8, 4) is 11.5 Å². The van der Waals surface area contributed by atoms with E-state index in [0.717, 1.165) is 29.3 Å². The average molecular weight is 275 g/mol. The maximum Gasteiger partial charge on any atom is 0.166 e. The second-order valence-electron chi connectivity index (χ2n) is 4.34. The Morgan fingerprint density at radius 1 is 1.25 bits per heavy atom. The number of nitrogens with two attached hydrogens (primary N) is 1. The molecule has 1 aromatic carbocycles. The van der Waals surface area contributed by atoms with E-state index in [1.165, 1.54) is 0 Å². The highest BCUT2D eigenvalue weighted by atomic mass is 16.5. The largest absolute Gasteiger partial charge is 0.490 e. The minimum absolute atomic E-state index is 0.420. The minimum atomic E-state index is 0.420. The zero-order chi connectivity index (χ0) is 14.4. The number of nitrogens with zero attached hydrogens (tertiary/aromatic N) is 2. The molecule has 0 saturated heterocycles. The molecule has 0 amide bonds. The first-order valence-corrected chi connectivity index (χ1v) is 6.86. The second kappa shape index (κ2) is 6.96. The van der Waals surface area contributed by atoms with E-state index in [1.807, 2.05) is 35.9 Å². The van der Waals surface area contributed by atoms with Gasteiger partial charge >= 0.3 is 0 Å². The van der Waals surface area contributed by atoms with E-state index in [9.17, 15) is 0 Å². The van der Waals surface area contributed by atoms with Crippen LogP contribution in [0.2, 0.25) is 0 Å². The van der Waals surface area contributed by atoms with Gasteiger partial charge in [0.2, 0.25) is 0 Å². The van der Waals surface area contributed by atoms with Gasteiger partial charge in [0, 0.05) is 18.7 Å². The molecule has 2 rings (SSSR count). The molecule has 0 aliphatic carbocycles. The van der Waals surface area contributed by atoms with Crippen LogP contribution in [0.1, 0.15) is 25.1 Å². The molecular formula is C15H21N3O2. The van der Waals surface area contributed by atoms with Crippen molar-refractivity contribution < 1.29 is 9.47 Å². The Morgan fingerprint density at radius 3 is 2.80 bits per heavy atom. The second-order valence-corrected chi connectivity index (χ2v) is 4.34. The molecule has 0 saturated carbocycles. The van der Waals surface area contributed by atoms with Crippen LogP contribution in [0.4, 0.5) is 0 Å². The van der Waals surface area contributed by atoms with Gasteiger partial charge in [0.1, 0.15) is 6.61 Å². The summed E-state index contributed by atoms with van der Waals surface area (Å²) in [6.45, 7) is 6.36. The Bertz CT molecular complexity index is 552. The predicted octanol–water partition coefficient (Wildman–Crippen LogP) is 2.34. The van der Waals surface area contributed by atoms with E-state index >= 15 is 0 Å². The Morgan fingerprint density at radius 2 is 2.10 bits per heavy atom. The van der Waals surface area contributed by atoms with Crippen LogP contribution in [0.3, 0.4) is 0 Å². The first-order chi connectivity index (χ1) is 9.80. The van der Waals surface area contributed by atoms with Gasteiger partial charge in [-0.2, -0.15) is 0 Å². The van der Waals surface area contributed by atoms with Crippen molar-refractivity contribution in [2.45, 2.75) is 33.5 Å². The lowest BCUT2D eigenvalue weighted by Crippen LogP contribution is -2.08. The third-order valence-corrected chi connectivity index (χ3v) is 3.08. The molecule has 0 spiro atoms. The Kier molecular flexibility index (Phi) is 5.01. The summed E-state index contributed by atoms with van der Waals surface area (Å²) in [5.41, 5.74) is 7.74. The standard InChI is InChI=1S/C15H21N3O2/c1-3-18-11-17-9-13(18)10-20-15-12(8-16)6-5-7-14(15)19-4-2/h5-7,9,11H,3-4,8,10,16H2,1-2H3. The van der Waals surface area contributed by atoms with Crippen LogP contribution in [0.5, 0.6) is 11.5 Å². The van der Waals surface area contributed by atoms with E-state index in [2.05, 4.69) is 11.9 Å². The van der Waals surface area contributed by atoms with E-state index < -0.39 is 0 Å². The molecule has 0 fully saturated rings. The van der Waals surface area contributed by atoms with Crippen molar-refractivity contribution >= 4 is 0 Å². The van der Waals surface area contributed by atoms with Crippen molar-refractivity contribution in [2.24, 2.45) is 5.73 Å². The lowest BCUT2D eigenvalue weighted by molar-refractivity contribution is 0.260. The monoisotopic (exact) mass is 275 g/mol. The van der Waals surface area contributed by atoms with Crippen LogP contribution in [0.25, 0.3) is 0 Å². The maximum atomic E-state index is 5.93. The summed E-state index contributed by atoms with van der Waals surface area (Å²) in [4.78, 5) is 4.13. The number of rotatable bonds is 7. The summed E-state index contributed by atoms with van der Waals surface area (Å²) < 4.78 is 13.6. The molecule has 2 N–H and O–H groups in total. The van der Waals surface area contributed by atoms with Gasteiger partial charge in [0.15, 0.2) is 11.5 Å². The molecule has 1 heterocycles. The first kappa shape index (κ1) is 14.4. The van der Waals surface area contributed by atoms with E-state index in [1.54, 1.807) is 6.33 Å². The number of aryl methyl sites for hydroxylation is 1. The highest BCUT2D eigenvalue weighted by molar-refractivity contribution is 5.46. The average Bonchev–Trinajstić information content (AvgIpc) is 2.93. The number of benzene rings is 1. The van der Waals surface area contributed by atoms with Gasteiger partial charge in [0.25, 0.3) is 0 Å². The van der Waals surface area contributed by atoms with E-state index in [4.69, 9.17) is 15.2 Å². The van der Waals surface area contributed by atoms with E-state index in [0.29, 0.717) is 19.8 Å². The first-order valence-electron chi connectivity index (χ1n) is 6.86. The molecular weight excluding hydrogens is 254 g/mol. The van der Waals surface area contributed by atoms with Gasteiger partial charge in [-0.15, -0.1) is 0 Å². The maximum absolute atomic E-state index is 5.93. The summed E-state index contributed by atoms with van der Waals surface area (Å²) in [5.74, 6) is 1.46. The lowest BCUT2D eigenvalue weighted by atomic mass is 10.2. The predicted molar refractivity (Wildman–Crippen MR) is 77.7 cm³/mol. The van der Waals surface area contributed by atoms with Gasteiger partial charge in [-0.25, -0.2) is 4.98 Å². The van der Waals surface area contributed by atoms with Gasteiger partial charge in [-0.1, -0.05) is 12.1 Å². The Balaban J connectivity index is 2.19. The van der Waals surface area contributed by atoms with Crippen molar-refractivity contribution in [3.05, 3.63) is 42.0 Å². The summed E-state index contributed by atoms with van der Waals surface area (Å²) in [5, 5.41) is 0. The number of ether oxygens (including phenoxy) is 2. The van der Waals surface area contributed by atoms with Crippen LogP contribution >= 0.6 is 0 Å². The van der Waals surface area contributed by atoms with Crippen LogP contribution < -0.4 is 15.2 Å². The molecule has 0 radical (unpaired) electrons. The third-order valence-electron chi connectivity index (χ3n) is 3.08. The molecule has 2 aromatic rings. The number of hydrogen-bond acceptors (Lipinski definition) is 4. The zero-order valence-corrected chi connectivity index (χ0v) is 12.0. The smallest absolute Gasteiger partial charge is 0.166 e.